The minimum atomic E-state index is -0.430. The second kappa shape index (κ2) is 8.86. The first-order valence-corrected chi connectivity index (χ1v) is 11.4. The van der Waals surface area contributed by atoms with Gasteiger partial charge in [-0.3, -0.25) is 0 Å². The molecule has 8 heteroatoms. The lowest BCUT2D eigenvalue weighted by Gasteiger charge is -2.28. The second-order valence-corrected chi connectivity index (χ2v) is 8.51. The Labute approximate surface area is 186 Å². The summed E-state index contributed by atoms with van der Waals surface area (Å²) >= 11 is 0. The van der Waals surface area contributed by atoms with Gasteiger partial charge in [-0.05, 0) is 74.9 Å². The average molecular weight is 438 g/mol. The molecule has 1 aromatic carbocycles. The predicted molar refractivity (Wildman–Crippen MR) is 119 cm³/mol. The number of benzene rings is 1. The van der Waals surface area contributed by atoms with Crippen LogP contribution in [0.3, 0.4) is 0 Å². The number of esters is 1. The molecule has 0 spiro atoms. The summed E-state index contributed by atoms with van der Waals surface area (Å²) in [5, 5.41) is 7.78. The number of nitrogens with one attached hydrogen (secondary N) is 1. The lowest BCUT2D eigenvalue weighted by Crippen LogP contribution is -2.26. The number of hydrogen-bond donors (Lipinski definition) is 1. The second-order valence-electron chi connectivity index (χ2n) is 8.51. The Kier molecular flexibility index (Phi) is 5.78. The summed E-state index contributed by atoms with van der Waals surface area (Å²) in [6.45, 7) is 3.79. The van der Waals surface area contributed by atoms with E-state index in [1.54, 1.807) is 23.6 Å². The Morgan fingerprint density at radius 3 is 2.97 bits per heavy atom. The van der Waals surface area contributed by atoms with E-state index in [1.807, 2.05) is 18.3 Å². The van der Waals surface area contributed by atoms with Gasteiger partial charge in [0.1, 0.15) is 17.2 Å². The lowest BCUT2D eigenvalue weighted by atomic mass is 9.96. The number of fused-ring (bicyclic) bond motifs is 1. The van der Waals surface area contributed by atoms with E-state index in [0.29, 0.717) is 23.9 Å². The van der Waals surface area contributed by atoms with E-state index in [2.05, 4.69) is 15.3 Å². The summed E-state index contributed by atoms with van der Waals surface area (Å²) in [7, 11) is 0. The Morgan fingerprint density at radius 1 is 1.28 bits per heavy atom. The molecule has 5 rings (SSSR count). The fourth-order valence-corrected chi connectivity index (χ4v) is 4.54. The molecule has 0 unspecified atom stereocenters. The van der Waals surface area contributed by atoms with Crippen molar-refractivity contribution in [1.29, 1.82) is 0 Å². The van der Waals surface area contributed by atoms with Crippen LogP contribution in [0.1, 0.15) is 60.1 Å². The van der Waals surface area contributed by atoms with E-state index in [9.17, 15) is 9.18 Å². The zero-order valence-electron chi connectivity index (χ0n) is 18.3. The van der Waals surface area contributed by atoms with E-state index < -0.39 is 5.97 Å². The molecular formula is C24H28FN5O2. The predicted octanol–water partition coefficient (Wildman–Crippen LogP) is 3.68. The topological polar surface area (TPSA) is 71.8 Å². The minimum absolute atomic E-state index is 0.0468. The van der Waals surface area contributed by atoms with Gasteiger partial charge in [-0.2, -0.15) is 5.10 Å². The fraction of sp³-hybridized carbons (Fsp3) is 0.458. The summed E-state index contributed by atoms with van der Waals surface area (Å²) in [5.74, 6) is 0.118. The molecule has 1 atom stereocenters. The van der Waals surface area contributed by atoms with Gasteiger partial charge in [-0.25, -0.2) is 18.7 Å². The molecule has 2 aliphatic rings. The van der Waals surface area contributed by atoms with Gasteiger partial charge in [0.25, 0.3) is 0 Å². The zero-order valence-corrected chi connectivity index (χ0v) is 18.3. The third-order valence-corrected chi connectivity index (χ3v) is 6.27. The fourth-order valence-electron chi connectivity index (χ4n) is 4.54. The first kappa shape index (κ1) is 20.9. The van der Waals surface area contributed by atoms with E-state index in [-0.39, 0.29) is 11.9 Å². The van der Waals surface area contributed by atoms with Gasteiger partial charge in [0.2, 0.25) is 0 Å². The molecular weight excluding hydrogens is 409 g/mol. The van der Waals surface area contributed by atoms with Gasteiger partial charge in [0, 0.05) is 18.8 Å². The van der Waals surface area contributed by atoms with Crippen LogP contribution in [0.25, 0.3) is 5.65 Å². The lowest BCUT2D eigenvalue weighted by molar-refractivity contribution is 0.0528. The van der Waals surface area contributed by atoms with Gasteiger partial charge in [0.05, 0.1) is 18.8 Å². The molecule has 0 amide bonds. The highest BCUT2D eigenvalue weighted by atomic mass is 19.1. The van der Waals surface area contributed by atoms with E-state index >= 15 is 0 Å². The summed E-state index contributed by atoms with van der Waals surface area (Å²) < 4.78 is 21.0. The molecule has 0 radical (unpaired) electrons. The third kappa shape index (κ3) is 4.19. The molecule has 7 nitrogen and oxygen atoms in total. The SMILES string of the molecule is CCOC(=O)c1cnn2ccc(N3CCC[C@@H]3c3cc(F)ccc3CCNC3CC3)nc12. The number of carbonyl (C=O) groups is 1. The van der Waals surface area contributed by atoms with E-state index in [1.165, 1.54) is 24.6 Å². The largest absolute Gasteiger partial charge is 0.462 e. The Hall–Kier alpha value is -3.00. The van der Waals surface area contributed by atoms with Crippen LogP contribution in [0.15, 0.2) is 36.7 Å². The van der Waals surface area contributed by atoms with Crippen molar-refractivity contribution in [2.75, 3.05) is 24.6 Å². The van der Waals surface area contributed by atoms with Gasteiger partial charge < -0.3 is 15.0 Å². The number of carbonyl (C=O) groups excluding carboxylic acids is 1. The Bertz CT molecular complexity index is 1130. The highest BCUT2D eigenvalue weighted by Crippen LogP contribution is 2.37. The average Bonchev–Trinajstić information content (AvgIpc) is 3.32. The van der Waals surface area contributed by atoms with Crippen molar-refractivity contribution in [3.05, 3.63) is 59.2 Å². The summed E-state index contributed by atoms with van der Waals surface area (Å²) in [4.78, 5) is 19.3. The molecule has 1 saturated heterocycles. The first-order valence-electron chi connectivity index (χ1n) is 11.4. The van der Waals surface area contributed by atoms with Crippen molar-refractivity contribution >= 4 is 17.4 Å². The molecule has 168 valence electrons. The van der Waals surface area contributed by atoms with Gasteiger partial charge in [-0.1, -0.05) is 6.07 Å². The van der Waals surface area contributed by atoms with Crippen LogP contribution in [0.2, 0.25) is 0 Å². The number of aromatic nitrogens is 3. The molecule has 3 heterocycles. The van der Waals surface area contributed by atoms with Crippen molar-refractivity contribution in [2.24, 2.45) is 0 Å². The van der Waals surface area contributed by atoms with Crippen LogP contribution in [-0.2, 0) is 11.2 Å². The van der Waals surface area contributed by atoms with Crippen molar-refractivity contribution in [2.45, 2.75) is 51.1 Å². The van der Waals surface area contributed by atoms with Crippen molar-refractivity contribution in [1.82, 2.24) is 19.9 Å². The Balaban J connectivity index is 1.44. The maximum absolute atomic E-state index is 14.3. The third-order valence-electron chi connectivity index (χ3n) is 6.27. The molecule has 1 aliphatic carbocycles. The standard InChI is InChI=1S/C24H28FN5O2/c1-2-32-24(31)20-15-27-30-13-10-22(28-23(20)30)29-12-3-4-21(29)19-14-17(25)6-5-16(19)9-11-26-18-7-8-18/h5-6,10,13-15,18,21,26H,2-4,7-9,11-12H2,1H3/t21-/m1/s1. The number of ether oxygens (including phenoxy) is 1. The molecule has 32 heavy (non-hydrogen) atoms. The first-order chi connectivity index (χ1) is 15.6. The molecule has 2 fully saturated rings. The smallest absolute Gasteiger partial charge is 0.343 e. The van der Waals surface area contributed by atoms with Crippen molar-refractivity contribution in [3.8, 4) is 0 Å². The molecule has 1 N–H and O–H groups in total. The van der Waals surface area contributed by atoms with Crippen LogP contribution in [0.4, 0.5) is 10.2 Å². The Morgan fingerprint density at radius 2 is 2.16 bits per heavy atom. The number of rotatable bonds is 8. The van der Waals surface area contributed by atoms with Crippen LogP contribution in [0.5, 0.6) is 0 Å². The van der Waals surface area contributed by atoms with Crippen LogP contribution in [-0.4, -0.2) is 46.3 Å². The highest BCUT2D eigenvalue weighted by molar-refractivity contribution is 5.95. The summed E-state index contributed by atoms with van der Waals surface area (Å²) in [6, 6.07) is 7.75. The number of halogens is 1. The number of anilines is 1. The molecule has 3 aromatic rings. The maximum atomic E-state index is 14.3. The van der Waals surface area contributed by atoms with Crippen LogP contribution < -0.4 is 10.2 Å². The van der Waals surface area contributed by atoms with Crippen LogP contribution in [0, 0.1) is 5.82 Å². The van der Waals surface area contributed by atoms with Gasteiger partial charge in [0.15, 0.2) is 5.65 Å². The molecule has 1 aliphatic heterocycles. The summed E-state index contributed by atoms with van der Waals surface area (Å²) in [6.07, 6.45) is 8.61. The van der Waals surface area contributed by atoms with Crippen molar-refractivity contribution < 1.29 is 13.9 Å². The number of nitrogens with zero attached hydrogens (tertiary/aromatic N) is 4. The molecule has 0 bridgehead atoms. The van der Waals surface area contributed by atoms with E-state index in [0.717, 1.165) is 43.7 Å². The van der Waals surface area contributed by atoms with Crippen LogP contribution >= 0.6 is 0 Å². The monoisotopic (exact) mass is 437 g/mol. The molecule has 2 aromatic heterocycles. The highest BCUT2D eigenvalue weighted by Gasteiger charge is 2.30. The van der Waals surface area contributed by atoms with Gasteiger partial charge >= 0.3 is 5.97 Å². The quantitative estimate of drug-likeness (QED) is 0.542. The van der Waals surface area contributed by atoms with E-state index in [4.69, 9.17) is 9.72 Å². The summed E-state index contributed by atoms with van der Waals surface area (Å²) in [5.41, 5.74) is 3.02. The van der Waals surface area contributed by atoms with Crippen molar-refractivity contribution in [3.63, 3.8) is 0 Å². The normalized spacial score (nSPS) is 18.4. The maximum Gasteiger partial charge on any atom is 0.343 e. The van der Waals surface area contributed by atoms with Gasteiger partial charge in [-0.15, -0.1) is 0 Å². The molecule has 1 saturated carbocycles. The number of hydrogen-bond acceptors (Lipinski definition) is 6. The zero-order chi connectivity index (χ0) is 22.1. The minimum Gasteiger partial charge on any atom is -0.462 e.